The van der Waals surface area contributed by atoms with Gasteiger partial charge in [-0.15, -0.1) is 0 Å². The number of carboxylic acid groups (broad SMARTS) is 1. The van der Waals surface area contributed by atoms with Crippen molar-refractivity contribution in [1.82, 2.24) is 0 Å². The minimum atomic E-state index is -0.929. The number of carbonyl (C=O) groups is 1. The zero-order valence-electron chi connectivity index (χ0n) is 22.1. The Hall–Kier alpha value is -3.92. The summed E-state index contributed by atoms with van der Waals surface area (Å²) in [6, 6.07) is 24.5. The standard InChI is InChI=1S/C33H32N2O2/c1-32(2)16-17-33(3,4)25-19-28-26(18-24(25)32)34-30(21-10-12-22(13-11-21)31(36)37)29-23-9-7-6-8-20(23)14-15-27(29)35(28)5/h6-15,18-19H,16-17H2,1-5H3,(H,36,37). The lowest BCUT2D eigenvalue weighted by atomic mass is 9.63. The Kier molecular flexibility index (Phi) is 5.10. The van der Waals surface area contributed by atoms with Gasteiger partial charge in [0.1, 0.15) is 0 Å². The molecule has 2 aliphatic rings. The monoisotopic (exact) mass is 488 g/mol. The molecule has 1 aliphatic heterocycles. The summed E-state index contributed by atoms with van der Waals surface area (Å²) in [5.41, 5.74) is 9.18. The number of fused-ring (bicyclic) bond motifs is 5. The van der Waals surface area contributed by atoms with E-state index in [1.54, 1.807) is 12.1 Å². The van der Waals surface area contributed by atoms with Crippen molar-refractivity contribution in [2.45, 2.75) is 51.4 Å². The number of aliphatic imine (C=N–C) groups is 1. The van der Waals surface area contributed by atoms with Gasteiger partial charge < -0.3 is 10.0 Å². The van der Waals surface area contributed by atoms with Gasteiger partial charge in [0.2, 0.25) is 0 Å². The first-order valence-electron chi connectivity index (χ1n) is 12.9. The van der Waals surface area contributed by atoms with Crippen molar-refractivity contribution in [2.75, 3.05) is 11.9 Å². The second kappa shape index (κ2) is 8.04. The van der Waals surface area contributed by atoms with Crippen LogP contribution in [-0.4, -0.2) is 23.8 Å². The fourth-order valence-corrected chi connectivity index (χ4v) is 6.02. The summed E-state index contributed by atoms with van der Waals surface area (Å²) < 4.78 is 0. The van der Waals surface area contributed by atoms with Crippen LogP contribution in [0, 0.1) is 0 Å². The van der Waals surface area contributed by atoms with Crippen LogP contribution in [0.1, 0.15) is 73.1 Å². The molecular formula is C33H32N2O2. The Morgan fingerprint density at radius 1 is 0.838 bits per heavy atom. The molecule has 6 rings (SSSR count). The van der Waals surface area contributed by atoms with Crippen LogP contribution >= 0.6 is 0 Å². The van der Waals surface area contributed by atoms with E-state index in [0.29, 0.717) is 0 Å². The SMILES string of the molecule is CN1c2cc3c(cc2N=C(c2ccc(C(=O)O)cc2)c2c1ccc1ccccc21)C(C)(C)CCC3(C)C. The molecule has 0 fully saturated rings. The van der Waals surface area contributed by atoms with Crippen molar-refractivity contribution < 1.29 is 9.90 Å². The summed E-state index contributed by atoms with van der Waals surface area (Å²) >= 11 is 0. The van der Waals surface area contributed by atoms with Crippen molar-refractivity contribution in [3.05, 3.63) is 101 Å². The first-order valence-corrected chi connectivity index (χ1v) is 12.9. The number of aromatic carboxylic acids is 1. The Morgan fingerprint density at radius 3 is 2.16 bits per heavy atom. The first kappa shape index (κ1) is 23.5. The number of carboxylic acids is 1. The molecule has 0 saturated heterocycles. The average molecular weight is 489 g/mol. The van der Waals surface area contributed by atoms with Crippen LogP contribution in [0.5, 0.6) is 0 Å². The number of hydrogen-bond acceptors (Lipinski definition) is 3. The molecule has 4 nitrogen and oxygen atoms in total. The van der Waals surface area contributed by atoms with Crippen molar-refractivity contribution in [1.29, 1.82) is 0 Å². The highest BCUT2D eigenvalue weighted by Gasteiger charge is 2.38. The summed E-state index contributed by atoms with van der Waals surface area (Å²) in [6.45, 7) is 9.38. The Morgan fingerprint density at radius 2 is 1.49 bits per heavy atom. The van der Waals surface area contributed by atoms with E-state index in [9.17, 15) is 9.90 Å². The van der Waals surface area contributed by atoms with Crippen LogP contribution in [-0.2, 0) is 10.8 Å². The van der Waals surface area contributed by atoms with Crippen molar-refractivity contribution >= 4 is 39.5 Å². The van der Waals surface area contributed by atoms with Gasteiger partial charge >= 0.3 is 5.97 Å². The van der Waals surface area contributed by atoms with E-state index in [-0.39, 0.29) is 16.4 Å². The molecule has 0 unspecified atom stereocenters. The predicted molar refractivity (Wildman–Crippen MR) is 152 cm³/mol. The third-order valence-corrected chi connectivity index (χ3v) is 8.45. The largest absolute Gasteiger partial charge is 0.478 e. The highest BCUT2D eigenvalue weighted by molar-refractivity contribution is 6.25. The molecular weight excluding hydrogens is 456 g/mol. The van der Waals surface area contributed by atoms with Gasteiger partial charge in [0.25, 0.3) is 0 Å². The maximum absolute atomic E-state index is 11.5. The van der Waals surface area contributed by atoms with Crippen LogP contribution < -0.4 is 4.90 Å². The highest BCUT2D eigenvalue weighted by Crippen LogP contribution is 2.51. The quantitative estimate of drug-likeness (QED) is 0.310. The van der Waals surface area contributed by atoms with Crippen molar-refractivity contribution in [3.8, 4) is 0 Å². The molecule has 4 aromatic carbocycles. The van der Waals surface area contributed by atoms with Crippen LogP contribution in [0.25, 0.3) is 10.8 Å². The zero-order chi connectivity index (χ0) is 26.1. The van der Waals surface area contributed by atoms with E-state index in [4.69, 9.17) is 4.99 Å². The summed E-state index contributed by atoms with van der Waals surface area (Å²) in [5.74, 6) is -0.929. The molecule has 0 atom stereocenters. The van der Waals surface area contributed by atoms with Gasteiger partial charge in [-0.25, -0.2) is 9.79 Å². The van der Waals surface area contributed by atoms with Gasteiger partial charge in [-0.05, 0) is 75.9 Å². The molecule has 1 aliphatic carbocycles. The number of rotatable bonds is 2. The second-order valence-electron chi connectivity index (χ2n) is 11.7. The topological polar surface area (TPSA) is 52.9 Å². The normalized spacial score (nSPS) is 17.3. The number of anilines is 2. The fraction of sp³-hybridized carbons (Fsp3) is 0.273. The maximum atomic E-state index is 11.5. The lowest BCUT2D eigenvalue weighted by Gasteiger charge is -2.42. The summed E-state index contributed by atoms with van der Waals surface area (Å²) in [6.07, 6.45) is 2.29. The summed E-state index contributed by atoms with van der Waals surface area (Å²) in [7, 11) is 2.13. The number of nitrogens with zero attached hydrogens (tertiary/aromatic N) is 2. The van der Waals surface area contributed by atoms with E-state index in [0.717, 1.165) is 57.5 Å². The lowest BCUT2D eigenvalue weighted by molar-refractivity contribution is 0.0697. The Labute approximate surface area is 218 Å². The smallest absolute Gasteiger partial charge is 0.335 e. The van der Waals surface area contributed by atoms with E-state index in [2.05, 4.69) is 88.2 Å². The van der Waals surface area contributed by atoms with Crippen LogP contribution in [0.2, 0.25) is 0 Å². The molecule has 1 N–H and O–H groups in total. The van der Waals surface area contributed by atoms with E-state index >= 15 is 0 Å². The van der Waals surface area contributed by atoms with Gasteiger partial charge in [-0.1, -0.05) is 70.2 Å². The minimum absolute atomic E-state index is 0.0725. The van der Waals surface area contributed by atoms with Gasteiger partial charge in [0, 0.05) is 18.2 Å². The number of hydrogen-bond donors (Lipinski definition) is 1. The van der Waals surface area contributed by atoms with Crippen molar-refractivity contribution in [3.63, 3.8) is 0 Å². The van der Waals surface area contributed by atoms with E-state index in [1.807, 2.05) is 12.1 Å². The van der Waals surface area contributed by atoms with Crippen molar-refractivity contribution in [2.24, 2.45) is 4.99 Å². The molecule has 37 heavy (non-hydrogen) atoms. The molecule has 0 bridgehead atoms. The lowest BCUT2D eigenvalue weighted by Crippen LogP contribution is -2.34. The molecule has 1 heterocycles. The van der Waals surface area contributed by atoms with Gasteiger partial charge in [0.15, 0.2) is 0 Å². The Bertz CT molecular complexity index is 1610. The third-order valence-electron chi connectivity index (χ3n) is 8.45. The third kappa shape index (κ3) is 3.66. The summed E-state index contributed by atoms with van der Waals surface area (Å²) in [5, 5.41) is 11.7. The average Bonchev–Trinajstić information content (AvgIpc) is 3.01. The van der Waals surface area contributed by atoms with Crippen LogP contribution in [0.15, 0.2) is 77.8 Å². The molecule has 0 radical (unpaired) electrons. The molecule has 4 aromatic rings. The summed E-state index contributed by atoms with van der Waals surface area (Å²) in [4.78, 5) is 19.2. The molecule has 0 amide bonds. The van der Waals surface area contributed by atoms with Gasteiger partial charge in [-0.2, -0.15) is 0 Å². The highest BCUT2D eigenvalue weighted by atomic mass is 16.4. The first-order chi connectivity index (χ1) is 17.6. The molecule has 0 aromatic heterocycles. The second-order valence-corrected chi connectivity index (χ2v) is 11.7. The van der Waals surface area contributed by atoms with Crippen LogP contribution in [0.4, 0.5) is 17.1 Å². The zero-order valence-corrected chi connectivity index (χ0v) is 22.1. The predicted octanol–water partition coefficient (Wildman–Crippen LogP) is 8.14. The minimum Gasteiger partial charge on any atom is -0.478 e. The molecule has 0 saturated carbocycles. The molecule has 186 valence electrons. The van der Waals surface area contributed by atoms with Crippen LogP contribution in [0.3, 0.4) is 0 Å². The fourth-order valence-electron chi connectivity index (χ4n) is 6.02. The maximum Gasteiger partial charge on any atom is 0.335 e. The molecule has 4 heteroatoms. The number of benzene rings is 4. The van der Waals surface area contributed by atoms with E-state index < -0.39 is 5.97 Å². The van der Waals surface area contributed by atoms with E-state index in [1.165, 1.54) is 11.1 Å². The Balaban J connectivity index is 1.69. The molecule has 0 spiro atoms. The van der Waals surface area contributed by atoms with Gasteiger partial charge in [-0.3, -0.25) is 0 Å². The van der Waals surface area contributed by atoms with Gasteiger partial charge in [0.05, 0.1) is 28.3 Å².